The van der Waals surface area contributed by atoms with E-state index in [-0.39, 0.29) is 5.25 Å². The van der Waals surface area contributed by atoms with E-state index in [0.717, 1.165) is 45.4 Å². The highest BCUT2D eigenvalue weighted by Crippen LogP contribution is 2.45. The minimum absolute atomic E-state index is 0.118. The van der Waals surface area contributed by atoms with E-state index in [4.69, 9.17) is 14.8 Å². The Morgan fingerprint density at radius 1 is 0.933 bits per heavy atom. The number of para-hydroxylation sites is 2. The Labute approximate surface area is 179 Å². The van der Waals surface area contributed by atoms with Gasteiger partial charge in [0, 0.05) is 17.0 Å². The second-order valence-electron chi connectivity index (χ2n) is 6.96. The highest BCUT2D eigenvalue weighted by atomic mass is 32.2. The Kier molecular flexibility index (Phi) is 5.07. The SMILES string of the molecule is COc1ccc(C2=Nc3ccccc3SC(c3cnn(-c4ccccc4)n3)C2)cc1. The Balaban J connectivity index is 1.52. The zero-order valence-corrected chi connectivity index (χ0v) is 17.3. The number of methoxy groups -OCH3 is 1. The van der Waals surface area contributed by atoms with E-state index >= 15 is 0 Å². The van der Waals surface area contributed by atoms with E-state index in [1.807, 2.05) is 54.7 Å². The van der Waals surface area contributed by atoms with Gasteiger partial charge >= 0.3 is 0 Å². The molecule has 0 spiro atoms. The summed E-state index contributed by atoms with van der Waals surface area (Å²) < 4.78 is 5.31. The van der Waals surface area contributed by atoms with E-state index in [9.17, 15) is 0 Å². The molecule has 5 rings (SSSR count). The Morgan fingerprint density at radius 3 is 2.50 bits per heavy atom. The monoisotopic (exact) mass is 412 g/mol. The number of nitrogens with zero attached hydrogens (tertiary/aromatic N) is 4. The number of benzene rings is 3. The minimum atomic E-state index is 0.118. The highest BCUT2D eigenvalue weighted by Gasteiger charge is 2.25. The van der Waals surface area contributed by atoms with Crippen LogP contribution in [-0.4, -0.2) is 27.8 Å². The molecule has 0 radical (unpaired) electrons. The van der Waals surface area contributed by atoms with Gasteiger partial charge in [0.2, 0.25) is 0 Å². The van der Waals surface area contributed by atoms with Gasteiger partial charge in [0.25, 0.3) is 0 Å². The first-order valence-electron chi connectivity index (χ1n) is 9.75. The van der Waals surface area contributed by atoms with Crippen LogP contribution < -0.4 is 4.74 Å². The molecule has 1 unspecified atom stereocenters. The summed E-state index contributed by atoms with van der Waals surface area (Å²) >= 11 is 1.79. The molecule has 5 nitrogen and oxygen atoms in total. The lowest BCUT2D eigenvalue weighted by atomic mass is 10.0. The molecule has 1 aliphatic heterocycles. The summed E-state index contributed by atoms with van der Waals surface area (Å²) in [5.74, 6) is 0.838. The third kappa shape index (κ3) is 3.74. The molecule has 0 saturated carbocycles. The number of thioether (sulfide) groups is 1. The first-order valence-corrected chi connectivity index (χ1v) is 10.6. The predicted molar refractivity (Wildman–Crippen MR) is 120 cm³/mol. The summed E-state index contributed by atoms with van der Waals surface area (Å²) in [5, 5.41) is 9.41. The molecule has 30 heavy (non-hydrogen) atoms. The summed E-state index contributed by atoms with van der Waals surface area (Å²) in [6.07, 6.45) is 2.63. The molecule has 148 valence electrons. The van der Waals surface area contributed by atoms with Gasteiger partial charge in [-0.05, 0) is 54.1 Å². The average molecular weight is 413 g/mol. The minimum Gasteiger partial charge on any atom is -0.497 e. The number of hydrogen-bond acceptors (Lipinski definition) is 5. The molecular formula is C24H20N4OS. The van der Waals surface area contributed by atoms with E-state index in [2.05, 4.69) is 35.4 Å². The Hall–Kier alpha value is -3.38. The van der Waals surface area contributed by atoms with Crippen molar-refractivity contribution in [1.82, 2.24) is 15.0 Å². The largest absolute Gasteiger partial charge is 0.497 e. The summed E-state index contributed by atoms with van der Waals surface area (Å²) in [6, 6.07) is 26.3. The number of aromatic nitrogens is 3. The van der Waals surface area contributed by atoms with Gasteiger partial charge in [-0.1, -0.05) is 30.3 Å². The molecule has 0 fully saturated rings. The first-order chi connectivity index (χ1) is 14.8. The van der Waals surface area contributed by atoms with Crippen LogP contribution in [0.25, 0.3) is 5.69 Å². The standard InChI is InChI=1S/C24H20N4OS/c1-29-19-13-11-17(12-14-19)21-15-24(30-23-10-6-5-9-20(23)26-21)22-16-25-28(27-22)18-7-3-2-4-8-18/h2-14,16,24H,15H2,1H3. The molecule has 0 aliphatic carbocycles. The summed E-state index contributed by atoms with van der Waals surface area (Å²) in [5.41, 5.74) is 5.02. The van der Waals surface area contributed by atoms with Crippen LogP contribution in [0.2, 0.25) is 0 Å². The first kappa shape index (κ1) is 18.6. The molecular weight excluding hydrogens is 392 g/mol. The van der Waals surface area contributed by atoms with Gasteiger partial charge in [-0.25, -0.2) is 0 Å². The summed E-state index contributed by atoms with van der Waals surface area (Å²) in [4.78, 5) is 7.85. The summed E-state index contributed by atoms with van der Waals surface area (Å²) in [7, 11) is 1.68. The van der Waals surface area contributed by atoms with Crippen LogP contribution in [-0.2, 0) is 0 Å². The number of aliphatic imine (C=N–C) groups is 1. The Bertz CT molecular complexity index is 1190. The van der Waals surface area contributed by atoms with Crippen LogP contribution in [0.3, 0.4) is 0 Å². The van der Waals surface area contributed by atoms with E-state index in [0.29, 0.717) is 0 Å². The van der Waals surface area contributed by atoms with E-state index in [1.54, 1.807) is 23.7 Å². The van der Waals surface area contributed by atoms with Crippen molar-refractivity contribution in [3.63, 3.8) is 0 Å². The van der Waals surface area contributed by atoms with Crippen molar-refractivity contribution in [2.45, 2.75) is 16.6 Å². The second kappa shape index (κ2) is 8.16. The maximum absolute atomic E-state index is 5.31. The van der Waals surface area contributed by atoms with Crippen LogP contribution >= 0.6 is 11.8 Å². The van der Waals surface area contributed by atoms with Gasteiger partial charge < -0.3 is 4.74 Å². The van der Waals surface area contributed by atoms with Gasteiger partial charge in [0.15, 0.2) is 0 Å². The van der Waals surface area contributed by atoms with E-state index in [1.165, 1.54) is 0 Å². The fraction of sp³-hybridized carbons (Fsp3) is 0.125. The van der Waals surface area contributed by atoms with Crippen molar-refractivity contribution in [2.75, 3.05) is 7.11 Å². The van der Waals surface area contributed by atoms with Crippen molar-refractivity contribution in [3.8, 4) is 11.4 Å². The van der Waals surface area contributed by atoms with Gasteiger partial charge in [-0.2, -0.15) is 15.0 Å². The molecule has 1 aromatic heterocycles. The molecule has 6 heteroatoms. The van der Waals surface area contributed by atoms with Gasteiger partial charge in [-0.15, -0.1) is 11.8 Å². The molecule has 3 aromatic carbocycles. The number of fused-ring (bicyclic) bond motifs is 1. The Morgan fingerprint density at radius 2 is 1.70 bits per heavy atom. The highest BCUT2D eigenvalue weighted by molar-refractivity contribution is 7.99. The van der Waals surface area contributed by atoms with Crippen molar-refractivity contribution in [1.29, 1.82) is 0 Å². The van der Waals surface area contributed by atoms with Gasteiger partial charge in [0.1, 0.15) is 5.75 Å². The normalized spacial score (nSPS) is 15.8. The third-order valence-corrected chi connectivity index (χ3v) is 6.31. The van der Waals surface area contributed by atoms with Gasteiger partial charge in [-0.3, -0.25) is 4.99 Å². The molecule has 2 heterocycles. The fourth-order valence-electron chi connectivity index (χ4n) is 3.45. The smallest absolute Gasteiger partial charge is 0.118 e. The van der Waals surface area contributed by atoms with Gasteiger partial charge in [0.05, 0.1) is 35.6 Å². The van der Waals surface area contributed by atoms with Crippen molar-refractivity contribution < 1.29 is 4.74 Å². The van der Waals surface area contributed by atoms with Crippen LogP contribution in [0.1, 0.15) is 22.9 Å². The van der Waals surface area contributed by atoms with Crippen LogP contribution in [0.4, 0.5) is 5.69 Å². The molecule has 0 amide bonds. The van der Waals surface area contributed by atoms with Crippen LogP contribution in [0.5, 0.6) is 5.75 Å². The lowest BCUT2D eigenvalue weighted by Crippen LogP contribution is -2.07. The third-order valence-electron chi connectivity index (χ3n) is 5.02. The van der Waals surface area contributed by atoms with Crippen molar-refractivity contribution >= 4 is 23.2 Å². The molecule has 0 N–H and O–H groups in total. The van der Waals surface area contributed by atoms with E-state index < -0.39 is 0 Å². The average Bonchev–Trinajstić information content (AvgIpc) is 3.22. The van der Waals surface area contributed by atoms with Crippen molar-refractivity contribution in [2.24, 2.45) is 4.99 Å². The molecule has 4 aromatic rings. The second-order valence-corrected chi connectivity index (χ2v) is 8.20. The van der Waals surface area contributed by atoms with Crippen molar-refractivity contribution in [3.05, 3.63) is 96.3 Å². The predicted octanol–water partition coefficient (Wildman–Crippen LogP) is 5.63. The number of hydrogen-bond donors (Lipinski definition) is 0. The maximum atomic E-state index is 5.31. The molecule has 0 bridgehead atoms. The number of ether oxygens (including phenoxy) is 1. The topological polar surface area (TPSA) is 52.3 Å². The summed E-state index contributed by atoms with van der Waals surface area (Å²) in [6.45, 7) is 0. The molecule has 0 saturated heterocycles. The molecule has 1 atom stereocenters. The fourth-order valence-corrected chi connectivity index (χ4v) is 4.62. The van der Waals surface area contributed by atoms with Crippen LogP contribution in [0.15, 0.2) is 94.9 Å². The zero-order valence-electron chi connectivity index (χ0n) is 16.5. The van der Waals surface area contributed by atoms with Crippen LogP contribution in [0, 0.1) is 0 Å². The lowest BCUT2D eigenvalue weighted by Gasteiger charge is -2.13. The number of rotatable bonds is 4. The quantitative estimate of drug-likeness (QED) is 0.436. The zero-order chi connectivity index (χ0) is 20.3. The maximum Gasteiger partial charge on any atom is 0.118 e. The lowest BCUT2D eigenvalue weighted by molar-refractivity contribution is 0.415. The molecule has 1 aliphatic rings.